The zero-order valence-corrected chi connectivity index (χ0v) is 16.0. The van der Waals surface area contributed by atoms with Crippen LogP contribution in [0.25, 0.3) is 10.4 Å². The standard InChI is InChI=1S/C17H30N4O4/c1-10(2)12-9-11(7-8-13(12)20-21-18)14(15(22)24-6)19-16(23)25-17(3,4)5/h10-14H,7-9H2,1-6H3,(H,19,23)/t11-,12?,13?,14+/m0/s1. The lowest BCUT2D eigenvalue weighted by Gasteiger charge is -2.39. The molecule has 0 bridgehead atoms. The minimum absolute atomic E-state index is 0.0823. The first-order valence-corrected chi connectivity index (χ1v) is 8.70. The molecule has 0 heterocycles. The maximum Gasteiger partial charge on any atom is 0.408 e. The predicted octanol–water partition coefficient (Wildman–Crippen LogP) is 3.80. The summed E-state index contributed by atoms with van der Waals surface area (Å²) in [7, 11) is 1.30. The van der Waals surface area contributed by atoms with Crippen molar-refractivity contribution in [1.82, 2.24) is 5.32 Å². The summed E-state index contributed by atoms with van der Waals surface area (Å²) in [5.41, 5.74) is 8.11. The van der Waals surface area contributed by atoms with Gasteiger partial charge < -0.3 is 14.8 Å². The smallest absolute Gasteiger partial charge is 0.408 e. The highest BCUT2D eigenvalue weighted by atomic mass is 16.6. The number of esters is 1. The van der Waals surface area contributed by atoms with Gasteiger partial charge in [0.25, 0.3) is 0 Å². The molecular formula is C17H30N4O4. The SMILES string of the molecule is COC(=O)[C@H](NC(=O)OC(C)(C)C)[C@H]1CCC(N=[N+]=[N-])C(C(C)C)C1. The zero-order valence-electron chi connectivity index (χ0n) is 16.0. The highest BCUT2D eigenvalue weighted by molar-refractivity contribution is 5.81. The Morgan fingerprint density at radius 1 is 1.28 bits per heavy atom. The molecule has 8 nitrogen and oxygen atoms in total. The van der Waals surface area contributed by atoms with Crippen LogP contribution in [-0.2, 0) is 14.3 Å². The van der Waals surface area contributed by atoms with Crippen molar-refractivity contribution in [3.05, 3.63) is 10.4 Å². The number of nitrogens with zero attached hydrogens (tertiary/aromatic N) is 3. The zero-order chi connectivity index (χ0) is 19.2. The van der Waals surface area contributed by atoms with Crippen LogP contribution < -0.4 is 5.32 Å². The van der Waals surface area contributed by atoms with Crippen LogP contribution in [0.2, 0.25) is 0 Å². The topological polar surface area (TPSA) is 113 Å². The third-order valence-corrected chi connectivity index (χ3v) is 4.56. The molecule has 2 unspecified atom stereocenters. The summed E-state index contributed by atoms with van der Waals surface area (Å²) in [5, 5.41) is 6.57. The average molecular weight is 354 g/mol. The van der Waals surface area contributed by atoms with E-state index in [1.54, 1.807) is 20.8 Å². The van der Waals surface area contributed by atoms with Crippen LogP contribution in [0.5, 0.6) is 0 Å². The second-order valence-electron chi connectivity index (χ2n) is 7.90. The van der Waals surface area contributed by atoms with E-state index in [0.29, 0.717) is 25.2 Å². The fraction of sp³-hybridized carbons (Fsp3) is 0.882. The molecule has 0 aromatic carbocycles. The monoisotopic (exact) mass is 354 g/mol. The van der Waals surface area contributed by atoms with Gasteiger partial charge in [-0.05, 0) is 63.3 Å². The molecule has 0 aromatic heterocycles. The summed E-state index contributed by atoms with van der Waals surface area (Å²) in [6, 6.07) is -0.853. The maximum atomic E-state index is 12.2. The largest absolute Gasteiger partial charge is 0.467 e. The van der Waals surface area contributed by atoms with Crippen LogP contribution in [-0.4, -0.2) is 36.9 Å². The highest BCUT2D eigenvalue weighted by Gasteiger charge is 2.39. The first-order chi connectivity index (χ1) is 11.6. The molecule has 0 aromatic rings. The number of carbonyl (C=O) groups excluding carboxylic acids is 2. The summed E-state index contributed by atoms with van der Waals surface area (Å²) >= 11 is 0. The van der Waals surface area contributed by atoms with Crippen LogP contribution >= 0.6 is 0 Å². The van der Waals surface area contributed by atoms with Gasteiger partial charge in [0.1, 0.15) is 11.6 Å². The number of rotatable bonds is 5. The van der Waals surface area contributed by atoms with E-state index in [2.05, 4.69) is 29.2 Å². The molecule has 0 radical (unpaired) electrons. The van der Waals surface area contributed by atoms with Gasteiger partial charge in [-0.15, -0.1) is 0 Å². The number of methoxy groups -OCH3 is 1. The third-order valence-electron chi connectivity index (χ3n) is 4.56. The van der Waals surface area contributed by atoms with E-state index >= 15 is 0 Å². The number of hydrogen-bond acceptors (Lipinski definition) is 5. The number of ether oxygens (including phenoxy) is 2. The predicted molar refractivity (Wildman–Crippen MR) is 93.8 cm³/mol. The fourth-order valence-electron chi connectivity index (χ4n) is 3.38. The van der Waals surface area contributed by atoms with Crippen LogP contribution in [0, 0.1) is 17.8 Å². The van der Waals surface area contributed by atoms with Crippen LogP contribution in [0.4, 0.5) is 4.79 Å². The van der Waals surface area contributed by atoms with E-state index in [0.717, 1.165) is 0 Å². The molecule has 8 heteroatoms. The van der Waals surface area contributed by atoms with Gasteiger partial charge in [-0.25, -0.2) is 9.59 Å². The molecular weight excluding hydrogens is 324 g/mol. The Kier molecular flexibility index (Phi) is 7.55. The van der Waals surface area contributed by atoms with Crippen molar-refractivity contribution in [3.63, 3.8) is 0 Å². The molecule has 1 aliphatic rings. The van der Waals surface area contributed by atoms with E-state index in [-0.39, 0.29) is 17.9 Å². The normalized spacial score (nSPS) is 24.8. The molecule has 142 valence electrons. The molecule has 1 amide bonds. The third kappa shape index (κ3) is 6.46. The van der Waals surface area contributed by atoms with Crippen molar-refractivity contribution in [2.45, 2.75) is 71.6 Å². The Morgan fingerprint density at radius 3 is 2.40 bits per heavy atom. The molecule has 0 aliphatic heterocycles. The van der Waals surface area contributed by atoms with Crippen molar-refractivity contribution in [1.29, 1.82) is 0 Å². The Morgan fingerprint density at radius 2 is 1.92 bits per heavy atom. The minimum atomic E-state index is -0.770. The second-order valence-corrected chi connectivity index (χ2v) is 7.90. The van der Waals surface area contributed by atoms with Crippen molar-refractivity contribution in [2.75, 3.05) is 7.11 Å². The van der Waals surface area contributed by atoms with Gasteiger partial charge in [0.2, 0.25) is 0 Å². The number of azide groups is 1. The summed E-state index contributed by atoms with van der Waals surface area (Å²) in [6.07, 6.45) is 1.39. The second kappa shape index (κ2) is 8.94. The molecule has 1 aliphatic carbocycles. The lowest BCUT2D eigenvalue weighted by molar-refractivity contribution is -0.145. The van der Waals surface area contributed by atoms with Gasteiger partial charge in [-0.1, -0.05) is 19.0 Å². The summed E-state index contributed by atoms with van der Waals surface area (Å²) < 4.78 is 10.1. The number of alkyl carbamates (subject to hydrolysis) is 1. The first kappa shape index (κ1) is 21.1. The van der Waals surface area contributed by atoms with Gasteiger partial charge in [0, 0.05) is 11.0 Å². The number of amides is 1. The lowest BCUT2D eigenvalue weighted by Crippen LogP contribution is -2.50. The van der Waals surface area contributed by atoms with Crippen molar-refractivity contribution in [2.24, 2.45) is 22.9 Å². The molecule has 1 rings (SSSR count). The minimum Gasteiger partial charge on any atom is -0.467 e. The lowest BCUT2D eigenvalue weighted by atomic mass is 9.71. The van der Waals surface area contributed by atoms with Crippen molar-refractivity contribution >= 4 is 12.1 Å². The molecule has 0 saturated heterocycles. The summed E-state index contributed by atoms with van der Waals surface area (Å²) in [5.74, 6) is -0.113. The molecule has 1 N–H and O–H groups in total. The van der Waals surface area contributed by atoms with Crippen molar-refractivity contribution in [3.8, 4) is 0 Å². The van der Waals surface area contributed by atoms with E-state index in [4.69, 9.17) is 15.0 Å². The van der Waals surface area contributed by atoms with Gasteiger partial charge in [-0.3, -0.25) is 0 Å². The number of carbonyl (C=O) groups is 2. The van der Waals surface area contributed by atoms with E-state index < -0.39 is 23.7 Å². The summed E-state index contributed by atoms with van der Waals surface area (Å²) in [6.45, 7) is 9.43. The molecule has 1 fully saturated rings. The molecule has 1 saturated carbocycles. The van der Waals surface area contributed by atoms with Crippen molar-refractivity contribution < 1.29 is 19.1 Å². The molecule has 0 spiro atoms. The van der Waals surface area contributed by atoms with Gasteiger partial charge in [0.05, 0.1) is 7.11 Å². The fourth-order valence-corrected chi connectivity index (χ4v) is 3.38. The first-order valence-electron chi connectivity index (χ1n) is 8.70. The van der Waals surface area contributed by atoms with E-state index in [1.807, 2.05) is 0 Å². The van der Waals surface area contributed by atoms with Crippen LogP contribution in [0.1, 0.15) is 53.9 Å². The Hall–Kier alpha value is -1.95. The van der Waals surface area contributed by atoms with Gasteiger partial charge in [-0.2, -0.15) is 0 Å². The van der Waals surface area contributed by atoms with Gasteiger partial charge in [0.15, 0.2) is 0 Å². The maximum absolute atomic E-state index is 12.2. The van der Waals surface area contributed by atoms with E-state index in [1.165, 1.54) is 7.11 Å². The van der Waals surface area contributed by atoms with Crippen LogP contribution in [0.3, 0.4) is 0 Å². The Balaban J connectivity index is 2.91. The summed E-state index contributed by atoms with van der Waals surface area (Å²) in [4.78, 5) is 27.3. The Labute approximate surface area is 149 Å². The highest BCUT2D eigenvalue weighted by Crippen LogP contribution is 2.37. The van der Waals surface area contributed by atoms with Gasteiger partial charge >= 0.3 is 12.1 Å². The van der Waals surface area contributed by atoms with Crippen LogP contribution in [0.15, 0.2) is 5.11 Å². The molecule has 4 atom stereocenters. The number of nitrogens with one attached hydrogen (secondary N) is 1. The van der Waals surface area contributed by atoms with E-state index in [9.17, 15) is 9.59 Å². The molecule has 25 heavy (non-hydrogen) atoms. The quantitative estimate of drug-likeness (QED) is 0.350. The Bertz CT molecular complexity index is 523. The number of hydrogen-bond donors (Lipinski definition) is 1. The average Bonchev–Trinajstić information content (AvgIpc) is 2.50.